The fourth-order valence-electron chi connectivity index (χ4n) is 2.37. The van der Waals surface area contributed by atoms with Crippen molar-refractivity contribution in [1.29, 1.82) is 0 Å². The van der Waals surface area contributed by atoms with Crippen LogP contribution in [0.2, 0.25) is 0 Å². The van der Waals surface area contributed by atoms with E-state index in [1.54, 1.807) is 7.11 Å². The van der Waals surface area contributed by atoms with Crippen LogP contribution in [0.25, 0.3) is 11.0 Å². The Morgan fingerprint density at radius 3 is 2.71 bits per heavy atom. The molecule has 1 unspecified atom stereocenters. The molecule has 0 fully saturated rings. The van der Waals surface area contributed by atoms with E-state index in [-0.39, 0.29) is 11.7 Å². The number of nitrogens with one attached hydrogen (secondary N) is 3. The van der Waals surface area contributed by atoms with Crippen LogP contribution < -0.4 is 15.7 Å². The van der Waals surface area contributed by atoms with Gasteiger partial charge in [0.2, 0.25) is 0 Å². The summed E-state index contributed by atoms with van der Waals surface area (Å²) in [5.74, 6) is 0.839. The van der Waals surface area contributed by atoms with Crippen molar-refractivity contribution in [3.05, 3.63) is 58.5 Å². The number of hydrogen-bond acceptors (Lipinski definition) is 3. The summed E-state index contributed by atoms with van der Waals surface area (Å²) in [5.41, 5.74) is 3.50. The van der Waals surface area contributed by atoms with Crippen LogP contribution in [0.4, 0.5) is 5.69 Å². The van der Waals surface area contributed by atoms with E-state index in [2.05, 4.69) is 28.3 Å². The van der Waals surface area contributed by atoms with Gasteiger partial charge in [-0.25, -0.2) is 4.79 Å². The molecule has 3 N–H and O–H groups in total. The second kappa shape index (κ2) is 5.36. The van der Waals surface area contributed by atoms with Gasteiger partial charge in [-0.2, -0.15) is 0 Å². The number of aromatic amines is 2. The molecular formula is C16H17N3O2. The van der Waals surface area contributed by atoms with Crippen LogP contribution in [0.1, 0.15) is 18.5 Å². The lowest BCUT2D eigenvalue weighted by Crippen LogP contribution is -2.06. The first kappa shape index (κ1) is 13.3. The molecule has 0 spiro atoms. The van der Waals surface area contributed by atoms with E-state index in [0.29, 0.717) is 0 Å². The molecule has 0 saturated heterocycles. The maximum Gasteiger partial charge on any atom is 0.323 e. The Hall–Kier alpha value is -2.69. The number of imidazole rings is 1. The molecule has 0 radical (unpaired) electrons. The van der Waals surface area contributed by atoms with Gasteiger partial charge in [0.25, 0.3) is 0 Å². The van der Waals surface area contributed by atoms with Gasteiger partial charge in [0, 0.05) is 11.7 Å². The number of anilines is 1. The van der Waals surface area contributed by atoms with Crippen molar-refractivity contribution in [1.82, 2.24) is 9.97 Å². The van der Waals surface area contributed by atoms with Crippen molar-refractivity contribution in [2.45, 2.75) is 13.0 Å². The molecule has 5 nitrogen and oxygen atoms in total. The lowest BCUT2D eigenvalue weighted by atomic mass is 10.1. The van der Waals surface area contributed by atoms with E-state index >= 15 is 0 Å². The highest BCUT2D eigenvalue weighted by molar-refractivity contribution is 5.78. The van der Waals surface area contributed by atoms with E-state index < -0.39 is 0 Å². The van der Waals surface area contributed by atoms with Gasteiger partial charge in [-0.3, -0.25) is 0 Å². The number of rotatable bonds is 4. The van der Waals surface area contributed by atoms with Gasteiger partial charge in [0.1, 0.15) is 5.75 Å². The summed E-state index contributed by atoms with van der Waals surface area (Å²) >= 11 is 0. The lowest BCUT2D eigenvalue weighted by Gasteiger charge is -2.16. The van der Waals surface area contributed by atoms with Crippen LogP contribution in [-0.4, -0.2) is 17.1 Å². The largest absolute Gasteiger partial charge is 0.497 e. The fourth-order valence-corrected chi connectivity index (χ4v) is 2.37. The maximum atomic E-state index is 11.3. The van der Waals surface area contributed by atoms with E-state index in [9.17, 15) is 4.79 Å². The number of methoxy groups -OCH3 is 1. The zero-order chi connectivity index (χ0) is 14.8. The normalized spacial score (nSPS) is 12.3. The molecule has 0 aliphatic carbocycles. The van der Waals surface area contributed by atoms with Gasteiger partial charge in [0.15, 0.2) is 0 Å². The lowest BCUT2D eigenvalue weighted by molar-refractivity contribution is 0.414. The minimum Gasteiger partial charge on any atom is -0.497 e. The van der Waals surface area contributed by atoms with Gasteiger partial charge in [-0.15, -0.1) is 0 Å². The second-order valence-corrected chi connectivity index (χ2v) is 4.98. The Balaban J connectivity index is 1.84. The Kier molecular flexibility index (Phi) is 3.39. The van der Waals surface area contributed by atoms with Crippen LogP contribution in [0.3, 0.4) is 0 Å². The predicted octanol–water partition coefficient (Wildman–Crippen LogP) is 3.04. The molecule has 2 aromatic carbocycles. The molecule has 0 aliphatic rings. The average molecular weight is 283 g/mol. The van der Waals surface area contributed by atoms with Crippen molar-refractivity contribution in [3.8, 4) is 5.75 Å². The van der Waals surface area contributed by atoms with Crippen molar-refractivity contribution < 1.29 is 4.74 Å². The maximum absolute atomic E-state index is 11.3. The Morgan fingerprint density at radius 2 is 1.90 bits per heavy atom. The molecule has 1 heterocycles. The minimum absolute atomic E-state index is 0.128. The van der Waals surface area contributed by atoms with Crippen molar-refractivity contribution in [2.24, 2.45) is 0 Å². The van der Waals surface area contributed by atoms with E-state index in [1.807, 2.05) is 36.4 Å². The molecule has 21 heavy (non-hydrogen) atoms. The highest BCUT2D eigenvalue weighted by atomic mass is 16.5. The Bertz CT molecular complexity index is 820. The number of hydrogen-bond donors (Lipinski definition) is 3. The van der Waals surface area contributed by atoms with E-state index in [0.717, 1.165) is 28.0 Å². The summed E-state index contributed by atoms with van der Waals surface area (Å²) in [5, 5.41) is 3.42. The number of aromatic nitrogens is 2. The molecule has 3 aromatic rings. The third-order valence-electron chi connectivity index (χ3n) is 3.49. The zero-order valence-electron chi connectivity index (χ0n) is 11.9. The predicted molar refractivity (Wildman–Crippen MR) is 84.0 cm³/mol. The highest BCUT2D eigenvalue weighted by Crippen LogP contribution is 2.24. The van der Waals surface area contributed by atoms with Gasteiger partial charge in [-0.1, -0.05) is 12.1 Å². The van der Waals surface area contributed by atoms with E-state index in [4.69, 9.17) is 4.74 Å². The molecule has 0 aliphatic heterocycles. The number of ether oxygens (including phenoxy) is 1. The van der Waals surface area contributed by atoms with Crippen LogP contribution in [0, 0.1) is 0 Å². The van der Waals surface area contributed by atoms with Crippen molar-refractivity contribution in [2.75, 3.05) is 12.4 Å². The summed E-state index contributed by atoms with van der Waals surface area (Å²) in [6, 6.07) is 13.8. The summed E-state index contributed by atoms with van der Waals surface area (Å²) in [4.78, 5) is 16.8. The fraction of sp³-hybridized carbons (Fsp3) is 0.188. The number of fused-ring (bicyclic) bond motifs is 1. The zero-order valence-corrected chi connectivity index (χ0v) is 11.9. The first-order valence-electron chi connectivity index (χ1n) is 6.78. The summed E-state index contributed by atoms with van der Waals surface area (Å²) in [6.45, 7) is 2.08. The average Bonchev–Trinajstić information content (AvgIpc) is 2.86. The molecule has 0 amide bonds. The number of benzene rings is 2. The highest BCUT2D eigenvalue weighted by Gasteiger charge is 2.07. The molecule has 5 heteroatoms. The molecule has 0 saturated carbocycles. The molecule has 1 aromatic heterocycles. The van der Waals surface area contributed by atoms with E-state index in [1.165, 1.54) is 0 Å². The summed E-state index contributed by atoms with van der Waals surface area (Å²) < 4.78 is 5.24. The summed E-state index contributed by atoms with van der Waals surface area (Å²) in [6.07, 6.45) is 0. The quantitative estimate of drug-likeness (QED) is 0.689. The SMILES string of the molecule is COc1cccc(C(C)Nc2ccc3[nH]c(=O)[nH]c3c2)c1. The first-order chi connectivity index (χ1) is 10.2. The molecule has 3 rings (SSSR count). The van der Waals surface area contributed by atoms with Gasteiger partial charge < -0.3 is 20.0 Å². The Labute approximate surface area is 122 Å². The molecular weight excluding hydrogens is 266 g/mol. The van der Waals surface area contributed by atoms with Gasteiger partial charge in [-0.05, 0) is 42.8 Å². The second-order valence-electron chi connectivity index (χ2n) is 4.98. The van der Waals surface area contributed by atoms with Crippen molar-refractivity contribution >= 4 is 16.7 Å². The van der Waals surface area contributed by atoms with Crippen LogP contribution in [-0.2, 0) is 0 Å². The summed E-state index contributed by atoms with van der Waals surface area (Å²) in [7, 11) is 1.66. The van der Waals surface area contributed by atoms with Crippen LogP contribution in [0.5, 0.6) is 5.75 Å². The van der Waals surface area contributed by atoms with Crippen LogP contribution in [0.15, 0.2) is 47.3 Å². The molecule has 1 atom stereocenters. The minimum atomic E-state index is -0.192. The smallest absolute Gasteiger partial charge is 0.323 e. The monoisotopic (exact) mass is 283 g/mol. The third-order valence-corrected chi connectivity index (χ3v) is 3.49. The topological polar surface area (TPSA) is 69.9 Å². The number of H-pyrrole nitrogens is 2. The van der Waals surface area contributed by atoms with Crippen molar-refractivity contribution in [3.63, 3.8) is 0 Å². The standard InChI is InChI=1S/C16H17N3O2/c1-10(11-4-3-5-13(8-11)21-2)17-12-6-7-14-15(9-12)19-16(20)18-14/h3-10,17H,1-2H3,(H2,18,19,20). The first-order valence-corrected chi connectivity index (χ1v) is 6.78. The Morgan fingerprint density at radius 1 is 1.10 bits per heavy atom. The third kappa shape index (κ3) is 2.76. The van der Waals surface area contributed by atoms with Gasteiger partial charge in [0.05, 0.1) is 18.1 Å². The van der Waals surface area contributed by atoms with Gasteiger partial charge >= 0.3 is 5.69 Å². The van der Waals surface area contributed by atoms with Crippen LogP contribution >= 0.6 is 0 Å². The molecule has 108 valence electrons. The molecule has 0 bridgehead atoms.